The second-order valence-corrected chi connectivity index (χ2v) is 10.6. The van der Waals surface area contributed by atoms with Crippen molar-refractivity contribution in [3.63, 3.8) is 0 Å². The van der Waals surface area contributed by atoms with E-state index in [0.717, 1.165) is 64.9 Å². The van der Waals surface area contributed by atoms with Crippen LogP contribution in [-0.2, 0) is 6.42 Å². The Balaban J connectivity index is 1.13. The van der Waals surface area contributed by atoms with Crippen molar-refractivity contribution in [1.29, 1.82) is 0 Å². The zero-order chi connectivity index (χ0) is 25.5. The highest BCUT2D eigenvalue weighted by Gasteiger charge is 2.27. The van der Waals surface area contributed by atoms with Crippen LogP contribution in [0.1, 0.15) is 54.5 Å². The van der Waals surface area contributed by atoms with Gasteiger partial charge in [0.15, 0.2) is 0 Å². The SMILES string of the molecule is Cc1c(Nc2ncc3cc(Cl)c(C4CCN(CCc5cc(F)ccc5F)CC4)cc3n2)cnn1C1CC1. The first-order valence-electron chi connectivity index (χ1n) is 12.9. The number of fused-ring (bicyclic) bond motifs is 1. The van der Waals surface area contributed by atoms with E-state index in [1.807, 2.05) is 12.3 Å². The van der Waals surface area contributed by atoms with Gasteiger partial charge in [-0.2, -0.15) is 5.10 Å². The molecule has 1 N–H and O–H groups in total. The minimum absolute atomic E-state index is 0.324. The van der Waals surface area contributed by atoms with E-state index < -0.39 is 5.82 Å². The van der Waals surface area contributed by atoms with Crippen molar-refractivity contribution >= 4 is 34.1 Å². The lowest BCUT2D eigenvalue weighted by atomic mass is 9.88. The van der Waals surface area contributed by atoms with Gasteiger partial charge in [-0.25, -0.2) is 18.7 Å². The van der Waals surface area contributed by atoms with Crippen molar-refractivity contribution in [1.82, 2.24) is 24.6 Å². The second-order valence-electron chi connectivity index (χ2n) is 10.2. The molecule has 192 valence electrons. The summed E-state index contributed by atoms with van der Waals surface area (Å²) in [4.78, 5) is 11.6. The Kier molecular flexibility index (Phi) is 6.55. The summed E-state index contributed by atoms with van der Waals surface area (Å²) in [7, 11) is 0. The normalized spacial score (nSPS) is 17.0. The molecule has 4 aromatic rings. The molecule has 3 heterocycles. The molecule has 0 bridgehead atoms. The molecule has 9 heteroatoms. The molecule has 37 heavy (non-hydrogen) atoms. The predicted octanol–water partition coefficient (Wildman–Crippen LogP) is 6.57. The monoisotopic (exact) mass is 522 g/mol. The van der Waals surface area contributed by atoms with Crippen LogP contribution < -0.4 is 5.32 Å². The van der Waals surface area contributed by atoms with E-state index in [-0.39, 0.29) is 5.82 Å². The Bertz CT molecular complexity index is 1440. The maximum absolute atomic E-state index is 14.0. The molecule has 1 saturated carbocycles. The first kappa shape index (κ1) is 24.2. The van der Waals surface area contributed by atoms with Gasteiger partial charge in [-0.05, 0) is 99.5 Å². The minimum Gasteiger partial charge on any atom is -0.321 e. The third-order valence-electron chi connectivity index (χ3n) is 7.61. The molecular formula is C28H29ClF2N6. The zero-order valence-electron chi connectivity index (χ0n) is 20.7. The van der Waals surface area contributed by atoms with Gasteiger partial charge in [0.2, 0.25) is 5.95 Å². The summed E-state index contributed by atoms with van der Waals surface area (Å²) in [6, 6.07) is 8.21. The Morgan fingerprint density at radius 2 is 1.86 bits per heavy atom. The summed E-state index contributed by atoms with van der Waals surface area (Å²) in [6.45, 7) is 4.54. The highest BCUT2D eigenvalue weighted by atomic mass is 35.5. The lowest BCUT2D eigenvalue weighted by molar-refractivity contribution is 0.214. The van der Waals surface area contributed by atoms with Crippen molar-refractivity contribution in [2.75, 3.05) is 25.0 Å². The van der Waals surface area contributed by atoms with E-state index in [0.29, 0.717) is 36.4 Å². The number of halogens is 3. The van der Waals surface area contributed by atoms with Crippen LogP contribution in [0.4, 0.5) is 20.4 Å². The molecule has 6 rings (SSSR count). The van der Waals surface area contributed by atoms with Crippen LogP contribution in [0.5, 0.6) is 0 Å². The summed E-state index contributed by atoms with van der Waals surface area (Å²) in [6.07, 6.45) is 8.40. The average molecular weight is 523 g/mol. The smallest absolute Gasteiger partial charge is 0.227 e. The summed E-state index contributed by atoms with van der Waals surface area (Å²) < 4.78 is 29.5. The van der Waals surface area contributed by atoms with E-state index in [2.05, 4.69) is 38.0 Å². The first-order chi connectivity index (χ1) is 17.9. The number of anilines is 2. The Labute approximate surface area is 219 Å². The quantitative estimate of drug-likeness (QED) is 0.297. The summed E-state index contributed by atoms with van der Waals surface area (Å²) >= 11 is 6.70. The molecule has 0 atom stereocenters. The summed E-state index contributed by atoms with van der Waals surface area (Å²) in [5.74, 6) is 0.122. The van der Waals surface area contributed by atoms with Crippen LogP contribution in [0, 0.1) is 18.6 Å². The molecule has 2 aliphatic rings. The van der Waals surface area contributed by atoms with E-state index in [4.69, 9.17) is 16.6 Å². The molecule has 6 nitrogen and oxygen atoms in total. The maximum Gasteiger partial charge on any atom is 0.227 e. The topological polar surface area (TPSA) is 58.9 Å². The van der Waals surface area contributed by atoms with E-state index in [9.17, 15) is 8.78 Å². The van der Waals surface area contributed by atoms with Crippen LogP contribution in [-0.4, -0.2) is 44.3 Å². The van der Waals surface area contributed by atoms with Gasteiger partial charge in [-0.1, -0.05) is 11.6 Å². The maximum atomic E-state index is 14.0. The summed E-state index contributed by atoms with van der Waals surface area (Å²) in [5.41, 5.74) is 4.40. The number of rotatable bonds is 7. The molecule has 0 unspecified atom stereocenters. The van der Waals surface area contributed by atoms with Gasteiger partial charge < -0.3 is 10.2 Å². The molecule has 1 aliphatic heterocycles. The van der Waals surface area contributed by atoms with Crippen LogP contribution in [0.2, 0.25) is 5.02 Å². The molecule has 0 radical (unpaired) electrons. The lowest BCUT2D eigenvalue weighted by Gasteiger charge is -2.32. The second kappa shape index (κ2) is 9.99. The minimum atomic E-state index is -0.397. The number of piperidine rings is 1. The third kappa shape index (κ3) is 5.18. The molecule has 2 fully saturated rings. The number of hydrogen-bond acceptors (Lipinski definition) is 5. The highest BCUT2D eigenvalue weighted by Crippen LogP contribution is 2.37. The summed E-state index contributed by atoms with van der Waals surface area (Å²) in [5, 5.41) is 9.47. The number of likely N-dealkylation sites (tertiary alicyclic amines) is 1. The van der Waals surface area contributed by atoms with Crippen LogP contribution in [0.25, 0.3) is 10.9 Å². The van der Waals surface area contributed by atoms with Crippen LogP contribution >= 0.6 is 11.6 Å². The molecule has 2 aromatic carbocycles. The van der Waals surface area contributed by atoms with Gasteiger partial charge in [0.25, 0.3) is 0 Å². The average Bonchev–Trinajstić information content (AvgIpc) is 3.68. The fourth-order valence-electron chi connectivity index (χ4n) is 5.28. The predicted molar refractivity (Wildman–Crippen MR) is 142 cm³/mol. The van der Waals surface area contributed by atoms with Gasteiger partial charge in [0, 0.05) is 23.2 Å². The van der Waals surface area contributed by atoms with E-state index in [1.165, 1.54) is 25.0 Å². The number of nitrogens with zero attached hydrogens (tertiary/aromatic N) is 5. The number of nitrogens with one attached hydrogen (secondary N) is 1. The number of hydrogen-bond donors (Lipinski definition) is 1. The number of aromatic nitrogens is 4. The van der Waals surface area contributed by atoms with Crippen molar-refractivity contribution in [3.05, 3.63) is 76.2 Å². The van der Waals surface area contributed by atoms with Crippen LogP contribution in [0.15, 0.2) is 42.7 Å². The first-order valence-corrected chi connectivity index (χ1v) is 13.3. The molecule has 1 saturated heterocycles. The molecule has 0 amide bonds. The highest BCUT2D eigenvalue weighted by molar-refractivity contribution is 6.32. The fraction of sp³-hybridized carbons (Fsp3) is 0.393. The fourth-order valence-corrected chi connectivity index (χ4v) is 5.60. The largest absolute Gasteiger partial charge is 0.321 e. The Morgan fingerprint density at radius 3 is 2.65 bits per heavy atom. The molecule has 1 aliphatic carbocycles. The van der Waals surface area contributed by atoms with Crippen molar-refractivity contribution in [3.8, 4) is 0 Å². The Hall–Kier alpha value is -3.10. The van der Waals surface area contributed by atoms with Gasteiger partial charge in [0.1, 0.15) is 11.6 Å². The van der Waals surface area contributed by atoms with E-state index in [1.54, 1.807) is 6.20 Å². The van der Waals surface area contributed by atoms with Gasteiger partial charge in [-0.3, -0.25) is 4.68 Å². The standard InChI is InChI=1S/C28H29ClF2N6/c1-17-27(16-33-37(17)22-3-4-22)35-28-32-15-20-13-24(29)23(14-26(20)34-28)18-6-9-36(10-7-18)11-8-19-12-21(30)2-5-25(19)31/h2,5,12-16,18,22H,3-4,6-11H2,1H3,(H,32,34,35). The third-order valence-corrected chi connectivity index (χ3v) is 7.94. The molecule has 0 spiro atoms. The van der Waals surface area contributed by atoms with Crippen molar-refractivity contribution in [2.45, 2.75) is 51.0 Å². The van der Waals surface area contributed by atoms with Gasteiger partial charge in [-0.15, -0.1) is 0 Å². The Morgan fingerprint density at radius 1 is 1.05 bits per heavy atom. The molecular weight excluding hydrogens is 494 g/mol. The van der Waals surface area contributed by atoms with E-state index >= 15 is 0 Å². The zero-order valence-corrected chi connectivity index (χ0v) is 21.5. The van der Waals surface area contributed by atoms with Crippen molar-refractivity contribution in [2.24, 2.45) is 0 Å². The van der Waals surface area contributed by atoms with Crippen LogP contribution in [0.3, 0.4) is 0 Å². The molecule has 2 aromatic heterocycles. The van der Waals surface area contributed by atoms with Crippen molar-refractivity contribution < 1.29 is 8.78 Å². The number of benzene rings is 2. The van der Waals surface area contributed by atoms with Gasteiger partial charge >= 0.3 is 0 Å². The lowest BCUT2D eigenvalue weighted by Crippen LogP contribution is -2.34. The van der Waals surface area contributed by atoms with Gasteiger partial charge in [0.05, 0.1) is 29.1 Å².